The summed E-state index contributed by atoms with van der Waals surface area (Å²) >= 11 is 1.40. The molecule has 0 aromatic carbocycles. The third kappa shape index (κ3) is 2.97. The van der Waals surface area contributed by atoms with Crippen LogP contribution in [0.4, 0.5) is 4.39 Å². The van der Waals surface area contributed by atoms with Crippen LogP contribution in [0.15, 0.2) is 42.4 Å². The first-order valence-corrected chi connectivity index (χ1v) is 9.92. The fourth-order valence-corrected chi connectivity index (χ4v) is 4.31. The molecular weight excluding hydrogens is 379 g/mol. The molecule has 1 fully saturated rings. The number of piperidine rings is 1. The van der Waals surface area contributed by atoms with E-state index in [-0.39, 0.29) is 5.91 Å². The van der Waals surface area contributed by atoms with E-state index >= 15 is 0 Å². The van der Waals surface area contributed by atoms with Crippen LogP contribution in [0.2, 0.25) is 0 Å². The van der Waals surface area contributed by atoms with Crippen LogP contribution in [-0.2, 0) is 0 Å². The molecule has 9 heteroatoms. The van der Waals surface area contributed by atoms with Crippen molar-refractivity contribution in [2.45, 2.75) is 19.0 Å². The monoisotopic (exact) mass is 396 g/mol. The average Bonchev–Trinajstić information content (AvgIpc) is 3.47. The summed E-state index contributed by atoms with van der Waals surface area (Å²) in [4.78, 5) is 19.6. The number of thiophene rings is 1. The third-order valence-corrected chi connectivity index (χ3v) is 5.94. The van der Waals surface area contributed by atoms with E-state index in [2.05, 4.69) is 20.3 Å². The number of amides is 1. The Morgan fingerprint density at radius 3 is 2.82 bits per heavy atom. The number of nitrogens with one attached hydrogen (secondary N) is 1. The van der Waals surface area contributed by atoms with Crippen molar-refractivity contribution in [2.75, 3.05) is 13.1 Å². The summed E-state index contributed by atoms with van der Waals surface area (Å²) in [5.41, 5.74) is 4.35. The molecular formula is C19H17FN6OS. The molecule has 0 aliphatic carbocycles. The van der Waals surface area contributed by atoms with Gasteiger partial charge in [-0.2, -0.15) is 10.2 Å². The van der Waals surface area contributed by atoms with Gasteiger partial charge in [0.2, 0.25) is 0 Å². The average molecular weight is 396 g/mol. The first-order chi connectivity index (χ1) is 13.7. The standard InChI is InChI=1S/C19H17FN6OS/c20-15-1-3-25(4-2-15)19(27)17-5-12(11-28-17)16-9-24-26-10-14(6-21-18(16)26)13-7-22-23-8-13/h5-11,15H,1-4H2,(H,22,23). The number of alkyl halides is 1. The number of hydrogen-bond acceptors (Lipinski definition) is 5. The van der Waals surface area contributed by atoms with Crippen molar-refractivity contribution in [2.24, 2.45) is 0 Å². The van der Waals surface area contributed by atoms with Gasteiger partial charge >= 0.3 is 0 Å². The van der Waals surface area contributed by atoms with Crippen molar-refractivity contribution in [3.8, 4) is 22.3 Å². The smallest absolute Gasteiger partial charge is 0.263 e. The van der Waals surface area contributed by atoms with Crippen LogP contribution in [0.5, 0.6) is 0 Å². The van der Waals surface area contributed by atoms with Gasteiger partial charge in [0.1, 0.15) is 6.17 Å². The Hall–Kier alpha value is -3.07. The summed E-state index contributed by atoms with van der Waals surface area (Å²) in [6, 6.07) is 1.87. The predicted molar refractivity (Wildman–Crippen MR) is 104 cm³/mol. The van der Waals surface area contributed by atoms with Gasteiger partial charge in [-0.15, -0.1) is 11.3 Å². The highest BCUT2D eigenvalue weighted by Crippen LogP contribution is 2.30. The minimum Gasteiger partial charge on any atom is -0.338 e. The van der Waals surface area contributed by atoms with E-state index in [4.69, 9.17) is 0 Å². The van der Waals surface area contributed by atoms with E-state index in [0.717, 1.165) is 27.9 Å². The minimum atomic E-state index is -0.792. The lowest BCUT2D eigenvalue weighted by Crippen LogP contribution is -2.38. The van der Waals surface area contributed by atoms with Gasteiger partial charge in [0, 0.05) is 48.4 Å². The highest BCUT2D eigenvalue weighted by molar-refractivity contribution is 7.12. The lowest BCUT2D eigenvalue weighted by molar-refractivity contribution is 0.0672. The van der Waals surface area contributed by atoms with E-state index in [0.29, 0.717) is 30.8 Å². The Labute approximate surface area is 163 Å². The van der Waals surface area contributed by atoms with Crippen LogP contribution in [0.3, 0.4) is 0 Å². The summed E-state index contributed by atoms with van der Waals surface area (Å²) in [6.07, 6.45) is 9.01. The second-order valence-corrected chi connectivity index (χ2v) is 7.73. The third-order valence-electron chi connectivity index (χ3n) is 5.02. The maximum atomic E-state index is 13.3. The van der Waals surface area contributed by atoms with Crippen molar-refractivity contribution >= 4 is 22.9 Å². The van der Waals surface area contributed by atoms with Gasteiger partial charge in [-0.1, -0.05) is 0 Å². The summed E-state index contributed by atoms with van der Waals surface area (Å²) in [7, 11) is 0. The number of carbonyl (C=O) groups is 1. The lowest BCUT2D eigenvalue weighted by atomic mass is 10.1. The molecule has 28 heavy (non-hydrogen) atoms. The first kappa shape index (κ1) is 17.1. The molecule has 5 heterocycles. The van der Waals surface area contributed by atoms with Crippen LogP contribution < -0.4 is 0 Å². The van der Waals surface area contributed by atoms with E-state index in [1.165, 1.54) is 11.3 Å². The number of rotatable bonds is 3. The summed E-state index contributed by atoms with van der Waals surface area (Å²) < 4.78 is 15.0. The van der Waals surface area contributed by atoms with Crippen molar-refractivity contribution < 1.29 is 9.18 Å². The number of halogens is 1. The molecule has 5 rings (SSSR count). The number of H-pyrrole nitrogens is 1. The van der Waals surface area contributed by atoms with Crippen LogP contribution >= 0.6 is 11.3 Å². The molecule has 0 spiro atoms. The predicted octanol–water partition coefficient (Wildman–Crippen LogP) is 3.42. The summed E-state index contributed by atoms with van der Waals surface area (Å²) in [5, 5.41) is 13.1. The van der Waals surface area contributed by atoms with Crippen molar-refractivity contribution in [1.82, 2.24) is 29.7 Å². The van der Waals surface area contributed by atoms with Crippen LogP contribution in [0, 0.1) is 0 Å². The molecule has 7 nitrogen and oxygen atoms in total. The lowest BCUT2D eigenvalue weighted by Gasteiger charge is -2.28. The molecule has 1 saturated heterocycles. The normalized spacial score (nSPS) is 15.4. The van der Waals surface area contributed by atoms with Crippen LogP contribution in [-0.4, -0.2) is 54.9 Å². The molecule has 1 aliphatic heterocycles. The molecule has 1 amide bonds. The zero-order chi connectivity index (χ0) is 19.1. The quantitative estimate of drug-likeness (QED) is 0.575. The van der Waals surface area contributed by atoms with Crippen molar-refractivity contribution in [3.05, 3.63) is 47.3 Å². The number of aromatic amines is 1. The molecule has 0 radical (unpaired) electrons. The Morgan fingerprint density at radius 1 is 1.18 bits per heavy atom. The highest BCUT2D eigenvalue weighted by atomic mass is 32.1. The van der Waals surface area contributed by atoms with Crippen molar-refractivity contribution in [3.63, 3.8) is 0 Å². The minimum absolute atomic E-state index is 0.0326. The van der Waals surface area contributed by atoms with E-state index in [1.54, 1.807) is 34.2 Å². The topological polar surface area (TPSA) is 79.2 Å². The maximum Gasteiger partial charge on any atom is 0.263 e. The molecule has 142 valence electrons. The van der Waals surface area contributed by atoms with Gasteiger partial charge in [-0.25, -0.2) is 13.9 Å². The Kier molecular flexibility index (Phi) is 4.16. The number of aromatic nitrogens is 5. The van der Waals surface area contributed by atoms with Crippen LogP contribution in [0.1, 0.15) is 22.5 Å². The zero-order valence-electron chi connectivity index (χ0n) is 14.9. The fraction of sp³-hybridized carbons (Fsp3) is 0.263. The number of fused-ring (bicyclic) bond motifs is 1. The molecule has 1 N–H and O–H groups in total. The van der Waals surface area contributed by atoms with Gasteiger partial charge in [0.05, 0.1) is 17.3 Å². The fourth-order valence-electron chi connectivity index (χ4n) is 3.43. The van der Waals surface area contributed by atoms with Crippen LogP contribution in [0.25, 0.3) is 27.9 Å². The number of hydrogen-bond donors (Lipinski definition) is 1. The molecule has 1 aliphatic rings. The molecule has 0 unspecified atom stereocenters. The van der Waals surface area contributed by atoms with Gasteiger partial charge in [0.25, 0.3) is 5.91 Å². The summed E-state index contributed by atoms with van der Waals surface area (Å²) in [6.45, 7) is 0.949. The SMILES string of the molecule is O=C(c1cc(-c2cnn3cc(-c4cn[nH]c4)cnc23)cs1)N1CCC(F)CC1. The number of nitrogens with zero attached hydrogens (tertiary/aromatic N) is 5. The summed E-state index contributed by atoms with van der Waals surface area (Å²) in [5.74, 6) is -0.0326. The maximum absolute atomic E-state index is 13.3. The molecule has 0 atom stereocenters. The van der Waals surface area contributed by atoms with Crippen molar-refractivity contribution in [1.29, 1.82) is 0 Å². The Morgan fingerprint density at radius 2 is 2.04 bits per heavy atom. The largest absolute Gasteiger partial charge is 0.338 e. The zero-order valence-corrected chi connectivity index (χ0v) is 15.7. The molecule has 0 bridgehead atoms. The van der Waals surface area contributed by atoms with Gasteiger partial charge in [0.15, 0.2) is 5.65 Å². The van der Waals surface area contributed by atoms with E-state index in [9.17, 15) is 9.18 Å². The molecule has 0 saturated carbocycles. The second kappa shape index (κ2) is 6.83. The van der Waals surface area contributed by atoms with Gasteiger partial charge < -0.3 is 4.90 Å². The molecule has 4 aromatic rings. The van der Waals surface area contributed by atoms with E-state index < -0.39 is 6.17 Å². The Balaban J connectivity index is 1.42. The molecule has 4 aromatic heterocycles. The second-order valence-electron chi connectivity index (χ2n) is 6.82. The number of likely N-dealkylation sites (tertiary alicyclic amines) is 1. The first-order valence-electron chi connectivity index (χ1n) is 9.04. The Bertz CT molecular complexity index is 1130. The highest BCUT2D eigenvalue weighted by Gasteiger charge is 2.24. The van der Waals surface area contributed by atoms with Gasteiger partial charge in [-0.05, 0) is 29.9 Å². The number of carbonyl (C=O) groups excluding carboxylic acids is 1. The van der Waals surface area contributed by atoms with Gasteiger partial charge in [-0.3, -0.25) is 9.89 Å². The van der Waals surface area contributed by atoms with E-state index in [1.807, 2.05) is 17.6 Å².